The summed E-state index contributed by atoms with van der Waals surface area (Å²) in [5.41, 5.74) is 0. The number of hydrogen-bond donors (Lipinski definition) is 0. The smallest absolute Gasteiger partial charge is 0.0689 e. The molecule has 2 bridgehead atoms. The number of hydrogen-bond acceptors (Lipinski definition) is 2. The summed E-state index contributed by atoms with van der Waals surface area (Å²) in [7, 11) is 0. The van der Waals surface area contributed by atoms with Gasteiger partial charge in [-0.05, 0) is 24.7 Å². The predicted octanol–water partition coefficient (Wildman–Crippen LogP) is 1.86. The Bertz CT molecular complexity index is 262. The zero-order valence-corrected chi connectivity index (χ0v) is 6.77. The van der Waals surface area contributed by atoms with Gasteiger partial charge in [0.1, 0.15) is 0 Å². The molecule has 3 rings (SSSR count). The van der Waals surface area contributed by atoms with Crippen LogP contribution in [0.4, 0.5) is 0 Å². The molecule has 0 heterocycles. The maximum absolute atomic E-state index is 8.88. The highest BCUT2D eigenvalue weighted by Gasteiger charge is 2.40. The van der Waals surface area contributed by atoms with E-state index in [9.17, 15) is 0 Å². The van der Waals surface area contributed by atoms with Crippen molar-refractivity contribution >= 4 is 0 Å². The first kappa shape index (κ1) is 7.37. The average molecular weight is 158 g/mol. The normalized spacial score (nSPS) is 43.5. The molecular weight excluding hydrogens is 148 g/mol. The topological polar surface area (TPSA) is 47.6 Å². The quantitative estimate of drug-likeness (QED) is 0.505. The molecule has 0 amide bonds. The third kappa shape index (κ3) is 0.850. The van der Waals surface area contributed by atoms with Gasteiger partial charge in [-0.15, -0.1) is 0 Å². The fraction of sp³-hybridized carbons (Fsp3) is 0.600. The van der Waals surface area contributed by atoms with Crippen molar-refractivity contribution in [3.05, 3.63) is 12.2 Å². The summed E-state index contributed by atoms with van der Waals surface area (Å²) < 4.78 is 0. The van der Waals surface area contributed by atoms with Gasteiger partial charge in [0.2, 0.25) is 0 Å². The van der Waals surface area contributed by atoms with Crippen molar-refractivity contribution in [2.45, 2.75) is 12.8 Å². The SMILES string of the molecule is N#C[C@H]1[C@H](C#N)[C@H]2C=C[C@@H]1CC2. The third-order valence-electron chi connectivity index (χ3n) is 3.05. The van der Waals surface area contributed by atoms with E-state index >= 15 is 0 Å². The molecule has 60 valence electrons. The monoisotopic (exact) mass is 158 g/mol. The molecule has 12 heavy (non-hydrogen) atoms. The van der Waals surface area contributed by atoms with Crippen LogP contribution in [-0.2, 0) is 0 Å². The summed E-state index contributed by atoms with van der Waals surface area (Å²) in [4.78, 5) is 0. The van der Waals surface area contributed by atoms with E-state index in [0.717, 1.165) is 12.8 Å². The Morgan fingerprint density at radius 2 is 1.33 bits per heavy atom. The average Bonchev–Trinajstić information content (AvgIpc) is 2.18. The van der Waals surface area contributed by atoms with Crippen LogP contribution in [-0.4, -0.2) is 0 Å². The molecule has 0 aromatic rings. The first-order valence-electron chi connectivity index (χ1n) is 4.34. The molecule has 0 radical (unpaired) electrons. The zero-order chi connectivity index (χ0) is 8.55. The second-order valence-corrected chi connectivity index (χ2v) is 3.60. The highest BCUT2D eigenvalue weighted by Crippen LogP contribution is 2.43. The molecule has 4 atom stereocenters. The van der Waals surface area contributed by atoms with Gasteiger partial charge >= 0.3 is 0 Å². The molecule has 2 nitrogen and oxygen atoms in total. The molecule has 0 N–H and O–H groups in total. The Morgan fingerprint density at radius 1 is 0.917 bits per heavy atom. The second-order valence-electron chi connectivity index (χ2n) is 3.60. The molecule has 0 unspecified atom stereocenters. The summed E-state index contributed by atoms with van der Waals surface area (Å²) in [5.74, 6) is 0.617. The van der Waals surface area contributed by atoms with Gasteiger partial charge in [-0.3, -0.25) is 0 Å². The molecule has 1 fully saturated rings. The largest absolute Gasteiger partial charge is 0.198 e. The number of allylic oxidation sites excluding steroid dienone is 2. The van der Waals surface area contributed by atoms with Crippen molar-refractivity contribution in [1.29, 1.82) is 10.5 Å². The number of fused-ring (bicyclic) bond motifs is 2. The lowest BCUT2D eigenvalue weighted by molar-refractivity contribution is 0.209. The fourth-order valence-corrected chi connectivity index (χ4v) is 2.35. The minimum atomic E-state index is -0.0428. The molecule has 0 spiro atoms. The Morgan fingerprint density at radius 3 is 1.58 bits per heavy atom. The van der Waals surface area contributed by atoms with Crippen molar-refractivity contribution in [3.63, 3.8) is 0 Å². The third-order valence-corrected chi connectivity index (χ3v) is 3.05. The molecule has 3 aliphatic rings. The minimum Gasteiger partial charge on any atom is -0.198 e. The van der Waals surface area contributed by atoms with E-state index in [0.29, 0.717) is 11.8 Å². The standard InChI is InChI=1S/C10H10N2/c11-5-9-7-1-2-8(4-3-7)10(9)6-12/h1-2,7-10H,3-4H2/t7-,8+,9-,10-/m1/s1. The molecular formula is C10H10N2. The second kappa shape index (κ2) is 2.64. The van der Waals surface area contributed by atoms with Crippen LogP contribution in [0.3, 0.4) is 0 Å². The number of rotatable bonds is 0. The Hall–Kier alpha value is -1.28. The van der Waals surface area contributed by atoms with E-state index in [1.54, 1.807) is 0 Å². The van der Waals surface area contributed by atoms with Crippen LogP contribution >= 0.6 is 0 Å². The van der Waals surface area contributed by atoms with E-state index in [2.05, 4.69) is 24.3 Å². The van der Waals surface area contributed by atoms with Crippen molar-refractivity contribution in [2.24, 2.45) is 23.7 Å². The first-order valence-corrected chi connectivity index (χ1v) is 4.34. The predicted molar refractivity (Wildman–Crippen MR) is 43.6 cm³/mol. The highest BCUT2D eigenvalue weighted by atomic mass is 14.5. The molecule has 3 aliphatic carbocycles. The summed E-state index contributed by atoms with van der Waals surface area (Å²) in [6, 6.07) is 4.53. The zero-order valence-electron chi connectivity index (χ0n) is 6.77. The highest BCUT2D eigenvalue weighted by molar-refractivity contribution is 5.18. The van der Waals surface area contributed by atoms with E-state index in [1.165, 1.54) is 0 Å². The lowest BCUT2D eigenvalue weighted by Gasteiger charge is -2.38. The molecule has 1 saturated carbocycles. The number of nitrogens with zero attached hydrogens (tertiary/aromatic N) is 2. The molecule has 0 saturated heterocycles. The minimum absolute atomic E-state index is 0.0428. The van der Waals surface area contributed by atoms with Crippen LogP contribution in [0.15, 0.2) is 12.2 Å². The van der Waals surface area contributed by atoms with E-state index < -0.39 is 0 Å². The van der Waals surface area contributed by atoms with Gasteiger partial charge in [-0.1, -0.05) is 12.2 Å². The molecule has 0 aromatic carbocycles. The van der Waals surface area contributed by atoms with E-state index in [1.807, 2.05) is 0 Å². The Balaban J connectivity index is 2.33. The van der Waals surface area contributed by atoms with E-state index in [-0.39, 0.29) is 11.8 Å². The van der Waals surface area contributed by atoms with Crippen molar-refractivity contribution in [2.75, 3.05) is 0 Å². The lowest BCUT2D eigenvalue weighted by atomic mass is 9.63. The van der Waals surface area contributed by atoms with Gasteiger partial charge < -0.3 is 0 Å². The maximum Gasteiger partial charge on any atom is 0.0689 e. The number of nitriles is 2. The molecule has 0 aromatic heterocycles. The lowest BCUT2D eigenvalue weighted by Crippen LogP contribution is -2.35. The summed E-state index contributed by atoms with van der Waals surface area (Å²) in [6.45, 7) is 0. The van der Waals surface area contributed by atoms with Crippen LogP contribution in [0.5, 0.6) is 0 Å². The summed E-state index contributed by atoms with van der Waals surface area (Å²) in [6.07, 6.45) is 6.43. The van der Waals surface area contributed by atoms with Crippen LogP contribution in [0.2, 0.25) is 0 Å². The van der Waals surface area contributed by atoms with Gasteiger partial charge in [0, 0.05) is 0 Å². The van der Waals surface area contributed by atoms with Crippen LogP contribution in [0, 0.1) is 46.3 Å². The van der Waals surface area contributed by atoms with Gasteiger partial charge in [-0.25, -0.2) is 0 Å². The molecule has 2 heteroatoms. The van der Waals surface area contributed by atoms with Crippen molar-refractivity contribution in [3.8, 4) is 12.1 Å². The van der Waals surface area contributed by atoms with Gasteiger partial charge in [0.05, 0.1) is 24.0 Å². The first-order chi connectivity index (χ1) is 5.86. The van der Waals surface area contributed by atoms with Gasteiger partial charge in [0.25, 0.3) is 0 Å². The summed E-state index contributed by atoms with van der Waals surface area (Å²) >= 11 is 0. The van der Waals surface area contributed by atoms with Gasteiger partial charge in [0.15, 0.2) is 0 Å². The summed E-state index contributed by atoms with van der Waals surface area (Å²) in [5, 5.41) is 17.8. The van der Waals surface area contributed by atoms with Crippen LogP contribution in [0.25, 0.3) is 0 Å². The van der Waals surface area contributed by atoms with Gasteiger partial charge in [-0.2, -0.15) is 10.5 Å². The van der Waals surface area contributed by atoms with Crippen LogP contribution < -0.4 is 0 Å². The maximum atomic E-state index is 8.88. The van der Waals surface area contributed by atoms with Crippen molar-refractivity contribution < 1.29 is 0 Å². The molecule has 0 aliphatic heterocycles. The Kier molecular flexibility index (Phi) is 1.62. The Labute approximate surface area is 72.1 Å². The van der Waals surface area contributed by atoms with Crippen molar-refractivity contribution in [1.82, 2.24) is 0 Å². The fourth-order valence-electron chi connectivity index (χ4n) is 2.35. The van der Waals surface area contributed by atoms with Crippen LogP contribution in [0.1, 0.15) is 12.8 Å². The van der Waals surface area contributed by atoms with E-state index in [4.69, 9.17) is 10.5 Å².